The monoisotopic (exact) mass is 461 g/mol. The number of hydrogen-bond acceptors (Lipinski definition) is 4. The van der Waals surface area contributed by atoms with Gasteiger partial charge in [0.2, 0.25) is 0 Å². The molecule has 174 valence electrons. The predicted octanol–water partition coefficient (Wildman–Crippen LogP) is 6.91. The molecule has 29 heavy (non-hydrogen) atoms. The number of carbonyl (C=O) groups excluding carboxylic acids is 1. The second kappa shape index (κ2) is 9.27. The van der Waals surface area contributed by atoms with E-state index in [0.29, 0.717) is 13.0 Å². The maximum absolute atomic E-state index is 12.9. The summed E-state index contributed by atoms with van der Waals surface area (Å²) in [5.41, 5.74) is 0. The number of carbonyl (C=O) groups is 1. The highest BCUT2D eigenvalue weighted by molar-refractivity contribution is 6.78. The molecule has 0 aliphatic heterocycles. The fourth-order valence-corrected chi connectivity index (χ4v) is 5.73. The Morgan fingerprint density at radius 3 is 1.52 bits per heavy atom. The molecule has 0 aliphatic rings. The van der Waals surface area contributed by atoms with Gasteiger partial charge in [0.05, 0.1) is 6.42 Å². The first kappa shape index (κ1) is 29.0. The molecule has 1 atom stereocenters. The quantitative estimate of drug-likeness (QED) is 0.399. The van der Waals surface area contributed by atoms with Crippen LogP contribution in [0.1, 0.15) is 68.7 Å². The van der Waals surface area contributed by atoms with Crippen molar-refractivity contribution >= 4 is 30.8 Å². The van der Waals surface area contributed by atoms with E-state index in [-0.39, 0.29) is 27.1 Å². The van der Waals surface area contributed by atoms with Crippen molar-refractivity contribution in [1.29, 1.82) is 0 Å². The van der Waals surface area contributed by atoms with Gasteiger partial charge < -0.3 is 13.8 Å². The summed E-state index contributed by atoms with van der Waals surface area (Å²) < 4.78 is 12.6. The lowest BCUT2D eigenvalue weighted by Crippen LogP contribution is -2.59. The van der Waals surface area contributed by atoms with Crippen LogP contribution in [-0.4, -0.2) is 43.5 Å². The van der Waals surface area contributed by atoms with E-state index in [1.54, 1.807) is 0 Å². The van der Waals surface area contributed by atoms with Crippen LogP contribution in [-0.2, 0) is 13.6 Å². The third-order valence-electron chi connectivity index (χ3n) is 7.48. The van der Waals surface area contributed by atoms with E-state index < -0.39 is 24.9 Å². The van der Waals surface area contributed by atoms with Gasteiger partial charge in [-0.2, -0.15) is 0 Å². The van der Waals surface area contributed by atoms with E-state index in [1.807, 2.05) is 0 Å². The molecule has 0 spiro atoms. The summed E-state index contributed by atoms with van der Waals surface area (Å²) in [6.45, 7) is 34.1. The molecule has 1 N–H and O–H groups in total. The van der Waals surface area contributed by atoms with Gasteiger partial charge in [-0.05, 0) is 41.3 Å². The summed E-state index contributed by atoms with van der Waals surface area (Å²) in [6.07, 6.45) is 0.369. The number of hydrogen-bond donors (Lipinski definition) is 1. The Hall–Kier alpha value is 0.0406. The Balaban J connectivity index is 5.47. The maximum atomic E-state index is 12.9. The smallest absolute Gasteiger partial charge is 0.294 e. The van der Waals surface area contributed by atoms with Gasteiger partial charge in [0.1, 0.15) is 8.24 Å². The van der Waals surface area contributed by atoms with Crippen LogP contribution in [0.15, 0.2) is 0 Å². The van der Waals surface area contributed by atoms with Crippen molar-refractivity contribution in [1.82, 2.24) is 4.98 Å². The molecule has 0 rings (SSSR count). The molecule has 0 amide bonds. The molecule has 0 bridgehead atoms. The van der Waals surface area contributed by atoms with Gasteiger partial charge in [-0.1, -0.05) is 75.4 Å². The SMILES string of the molecule is CC(C)(C)[Si](C)(C)NC(CO[Si](C)(C)C(C)(C)C)CC(=O)O[Si](C)(C)C(C)(C)C. The van der Waals surface area contributed by atoms with E-state index in [9.17, 15) is 4.79 Å². The van der Waals surface area contributed by atoms with Gasteiger partial charge in [-0.3, -0.25) is 4.79 Å². The van der Waals surface area contributed by atoms with Crippen molar-refractivity contribution < 1.29 is 13.6 Å². The first-order chi connectivity index (χ1) is 12.4. The minimum absolute atomic E-state index is 0.0118. The fourth-order valence-electron chi connectivity index (χ4n) is 2.08. The summed E-state index contributed by atoms with van der Waals surface area (Å²) in [5, 5.41) is 0.352. The molecule has 4 nitrogen and oxygen atoms in total. The summed E-state index contributed by atoms with van der Waals surface area (Å²) >= 11 is 0. The standard InChI is InChI=1S/C22H51NO3Si3/c1-20(2,3)27(10,11)23-18(17-25-28(12,13)21(4,5)6)16-19(24)26-29(14,15)22(7,8)9/h18,23H,16-17H2,1-15H3. The van der Waals surface area contributed by atoms with Crippen molar-refractivity contribution in [3.63, 3.8) is 0 Å². The van der Waals surface area contributed by atoms with Crippen molar-refractivity contribution in [3.8, 4) is 0 Å². The van der Waals surface area contributed by atoms with Gasteiger partial charge in [0, 0.05) is 12.6 Å². The Kier molecular flexibility index (Phi) is 9.28. The Morgan fingerprint density at radius 2 is 1.17 bits per heavy atom. The van der Waals surface area contributed by atoms with Gasteiger partial charge in [0.15, 0.2) is 8.32 Å². The summed E-state index contributed by atoms with van der Waals surface area (Å²) in [7, 11) is -5.79. The van der Waals surface area contributed by atoms with E-state index in [0.717, 1.165) is 0 Å². The Bertz CT molecular complexity index is 553. The van der Waals surface area contributed by atoms with Crippen molar-refractivity contribution in [2.24, 2.45) is 0 Å². The van der Waals surface area contributed by atoms with Gasteiger partial charge in [-0.25, -0.2) is 0 Å². The lowest BCUT2D eigenvalue weighted by atomic mass is 10.2. The van der Waals surface area contributed by atoms with Gasteiger partial charge in [-0.15, -0.1) is 0 Å². The Morgan fingerprint density at radius 1 is 0.759 bits per heavy atom. The molecule has 0 fully saturated rings. The molecule has 0 saturated heterocycles. The largest absolute Gasteiger partial charge is 0.519 e. The molecule has 0 aliphatic carbocycles. The van der Waals surface area contributed by atoms with E-state index in [4.69, 9.17) is 8.85 Å². The zero-order valence-electron chi connectivity index (χ0n) is 22.2. The van der Waals surface area contributed by atoms with Gasteiger partial charge >= 0.3 is 0 Å². The highest BCUT2D eigenvalue weighted by atomic mass is 28.4. The van der Waals surface area contributed by atoms with Crippen molar-refractivity contribution in [3.05, 3.63) is 0 Å². The van der Waals surface area contributed by atoms with E-state index in [1.165, 1.54) is 0 Å². The predicted molar refractivity (Wildman–Crippen MR) is 135 cm³/mol. The summed E-state index contributed by atoms with van der Waals surface area (Å²) in [5.74, 6) is -0.0911. The molecule has 7 heteroatoms. The second-order valence-corrected chi connectivity index (χ2v) is 27.8. The van der Waals surface area contributed by atoms with Crippen LogP contribution < -0.4 is 4.98 Å². The molecule has 0 aromatic rings. The number of nitrogens with one attached hydrogen (secondary N) is 1. The molecule has 0 radical (unpaired) electrons. The zero-order valence-corrected chi connectivity index (χ0v) is 25.2. The molecule has 0 heterocycles. The molecule has 1 unspecified atom stereocenters. The molecule has 0 aromatic carbocycles. The van der Waals surface area contributed by atoms with Crippen LogP contribution in [0, 0.1) is 0 Å². The fraction of sp³-hybridized carbons (Fsp3) is 0.955. The van der Waals surface area contributed by atoms with E-state index in [2.05, 4.69) is 107 Å². The Labute approximate surface area is 185 Å². The second-order valence-electron chi connectivity index (χ2n) is 13.2. The average Bonchev–Trinajstić information content (AvgIpc) is 2.40. The lowest BCUT2D eigenvalue weighted by Gasteiger charge is -2.42. The third-order valence-corrected chi connectivity index (χ3v) is 21.2. The highest BCUT2D eigenvalue weighted by Crippen LogP contribution is 2.39. The molecule has 0 aromatic heterocycles. The lowest BCUT2D eigenvalue weighted by molar-refractivity contribution is -0.136. The van der Waals surface area contributed by atoms with Crippen LogP contribution in [0.2, 0.25) is 54.4 Å². The molecular weight excluding hydrogens is 411 g/mol. The third kappa shape index (κ3) is 8.59. The summed E-state index contributed by atoms with van der Waals surface area (Å²) in [4.78, 5) is 16.8. The van der Waals surface area contributed by atoms with Crippen molar-refractivity contribution in [2.45, 2.75) is 129 Å². The van der Waals surface area contributed by atoms with E-state index >= 15 is 0 Å². The summed E-state index contributed by atoms with van der Waals surface area (Å²) in [6, 6.07) is -0.0118. The zero-order chi connectivity index (χ0) is 23.7. The van der Waals surface area contributed by atoms with Crippen LogP contribution in [0.3, 0.4) is 0 Å². The van der Waals surface area contributed by atoms with Crippen molar-refractivity contribution in [2.75, 3.05) is 6.61 Å². The molecular formula is C22H51NO3Si3. The molecule has 0 saturated carbocycles. The normalized spacial score (nSPS) is 16.0. The van der Waals surface area contributed by atoms with Crippen LogP contribution >= 0.6 is 0 Å². The maximum Gasteiger partial charge on any atom is 0.294 e. The minimum atomic E-state index is -2.12. The first-order valence-corrected chi connectivity index (χ1v) is 19.9. The first-order valence-electron chi connectivity index (χ1n) is 11.1. The highest BCUT2D eigenvalue weighted by Gasteiger charge is 2.43. The minimum Gasteiger partial charge on any atom is -0.519 e. The van der Waals surface area contributed by atoms with Crippen LogP contribution in [0.25, 0.3) is 0 Å². The average molecular weight is 462 g/mol. The number of rotatable bonds is 8. The topological polar surface area (TPSA) is 47.6 Å². The van der Waals surface area contributed by atoms with Crippen LogP contribution in [0.5, 0.6) is 0 Å². The van der Waals surface area contributed by atoms with Crippen LogP contribution in [0.4, 0.5) is 0 Å². The van der Waals surface area contributed by atoms with Gasteiger partial charge in [0.25, 0.3) is 14.3 Å².